The van der Waals surface area contributed by atoms with Crippen molar-refractivity contribution in [3.05, 3.63) is 70.4 Å². The van der Waals surface area contributed by atoms with Gasteiger partial charge in [0.2, 0.25) is 5.91 Å². The van der Waals surface area contributed by atoms with Crippen molar-refractivity contribution in [2.45, 2.75) is 19.8 Å². The highest BCUT2D eigenvalue weighted by Crippen LogP contribution is 2.31. The fourth-order valence-corrected chi connectivity index (χ4v) is 4.96. The molecule has 1 saturated heterocycles. The largest absolute Gasteiger partial charge is 0.495 e. The molecular weight excluding hydrogens is 460 g/mol. The smallest absolute Gasteiger partial charge is 0.253 e. The van der Waals surface area contributed by atoms with E-state index >= 15 is 0 Å². The zero-order chi connectivity index (χ0) is 24.6. The maximum atomic E-state index is 13.1. The molecule has 0 saturated carbocycles. The van der Waals surface area contributed by atoms with Gasteiger partial charge in [0, 0.05) is 49.0 Å². The minimum Gasteiger partial charge on any atom is -0.495 e. The van der Waals surface area contributed by atoms with Gasteiger partial charge in [-0.25, -0.2) is 0 Å². The number of para-hydroxylation sites is 2. The molecule has 0 bridgehead atoms. The number of hydrogen-bond acceptors (Lipinski definition) is 6. The summed E-state index contributed by atoms with van der Waals surface area (Å²) in [5.41, 5.74) is 3.18. The Morgan fingerprint density at radius 1 is 0.971 bits per heavy atom. The summed E-state index contributed by atoms with van der Waals surface area (Å²) in [7, 11) is 1.69. The van der Waals surface area contributed by atoms with Gasteiger partial charge in [0.05, 0.1) is 24.8 Å². The van der Waals surface area contributed by atoms with Crippen molar-refractivity contribution in [3.8, 4) is 5.75 Å². The van der Waals surface area contributed by atoms with Gasteiger partial charge in [-0.3, -0.25) is 9.59 Å². The Morgan fingerprint density at radius 2 is 1.71 bits per heavy atom. The third-order valence-electron chi connectivity index (χ3n) is 6.02. The molecule has 7 nitrogen and oxygen atoms in total. The molecule has 1 aromatic heterocycles. The quantitative estimate of drug-likeness (QED) is 0.463. The van der Waals surface area contributed by atoms with Crippen LogP contribution in [-0.4, -0.2) is 51.6 Å². The third-order valence-corrected chi connectivity index (χ3v) is 6.90. The lowest BCUT2D eigenvalue weighted by Gasteiger charge is -2.38. The Bertz CT molecular complexity index is 1140. The monoisotopic (exact) mass is 492 g/mol. The minimum absolute atomic E-state index is 0.0921. The molecule has 0 aliphatic carbocycles. The Hall–Kier alpha value is -3.52. The summed E-state index contributed by atoms with van der Waals surface area (Å²) < 4.78 is 5.53. The first-order valence-electron chi connectivity index (χ1n) is 12.0. The number of carbonyl (C=O) groups excluding carboxylic acids is 2. The number of nitrogens with zero attached hydrogens (tertiary/aromatic N) is 2. The van der Waals surface area contributed by atoms with Crippen LogP contribution in [0.2, 0.25) is 0 Å². The van der Waals surface area contributed by atoms with Gasteiger partial charge in [0.1, 0.15) is 5.75 Å². The maximum absolute atomic E-state index is 13.1. The van der Waals surface area contributed by atoms with Gasteiger partial charge in [0.15, 0.2) is 0 Å². The molecule has 1 fully saturated rings. The lowest BCUT2D eigenvalue weighted by atomic mass is 10.1. The van der Waals surface area contributed by atoms with Crippen molar-refractivity contribution in [1.29, 1.82) is 0 Å². The van der Waals surface area contributed by atoms with Gasteiger partial charge in [-0.05, 0) is 48.2 Å². The van der Waals surface area contributed by atoms with E-state index in [9.17, 15) is 9.59 Å². The van der Waals surface area contributed by atoms with Crippen LogP contribution in [0.4, 0.5) is 17.1 Å². The standard InChI is InChI=1S/C27H32N4O3S/c1-3-12-28-27(33)22-18-20(29-26(32)19-21-7-6-17-35-21)10-11-23(22)30-13-15-31(16-14-30)24-8-4-5-9-25(24)34-2/h4-11,17-18H,3,12-16,19H2,1-2H3,(H,28,33)(H,29,32). The maximum Gasteiger partial charge on any atom is 0.253 e. The molecule has 0 atom stereocenters. The molecule has 0 unspecified atom stereocenters. The van der Waals surface area contributed by atoms with Gasteiger partial charge in [-0.15, -0.1) is 11.3 Å². The summed E-state index contributed by atoms with van der Waals surface area (Å²) in [6.45, 7) is 5.81. The third kappa shape index (κ3) is 6.14. The number of hydrogen-bond donors (Lipinski definition) is 2. The number of thiophene rings is 1. The summed E-state index contributed by atoms with van der Waals surface area (Å²) >= 11 is 1.56. The second-order valence-corrected chi connectivity index (χ2v) is 9.47. The summed E-state index contributed by atoms with van der Waals surface area (Å²) in [6, 6.07) is 17.5. The predicted molar refractivity (Wildman–Crippen MR) is 143 cm³/mol. The predicted octanol–water partition coefficient (Wildman–Crippen LogP) is 4.40. The van der Waals surface area contributed by atoms with E-state index in [-0.39, 0.29) is 11.8 Å². The molecule has 2 N–H and O–H groups in total. The second kappa shape index (κ2) is 11.8. The fourth-order valence-electron chi connectivity index (χ4n) is 4.26. The summed E-state index contributed by atoms with van der Waals surface area (Å²) in [6.07, 6.45) is 1.18. The van der Waals surface area contributed by atoms with Gasteiger partial charge < -0.3 is 25.2 Å². The van der Waals surface area contributed by atoms with E-state index in [1.165, 1.54) is 0 Å². The highest BCUT2D eigenvalue weighted by Gasteiger charge is 2.23. The minimum atomic E-state index is -0.122. The van der Waals surface area contributed by atoms with Crippen molar-refractivity contribution in [2.24, 2.45) is 0 Å². The van der Waals surface area contributed by atoms with E-state index in [2.05, 4.69) is 26.5 Å². The molecule has 0 radical (unpaired) electrons. The Kier molecular flexibility index (Phi) is 8.26. The van der Waals surface area contributed by atoms with Gasteiger partial charge >= 0.3 is 0 Å². The summed E-state index contributed by atoms with van der Waals surface area (Å²) in [5.74, 6) is 0.650. The second-order valence-electron chi connectivity index (χ2n) is 8.44. The van der Waals surface area contributed by atoms with Gasteiger partial charge in [0.25, 0.3) is 5.91 Å². The van der Waals surface area contributed by atoms with Crippen molar-refractivity contribution >= 4 is 40.2 Å². The molecule has 4 rings (SSSR count). The molecule has 3 aromatic rings. The van der Waals surface area contributed by atoms with Crippen LogP contribution in [0.1, 0.15) is 28.6 Å². The van der Waals surface area contributed by atoms with Crippen LogP contribution in [0.15, 0.2) is 60.0 Å². The number of piperazine rings is 1. The first-order chi connectivity index (χ1) is 17.1. The molecule has 1 aliphatic heterocycles. The van der Waals surface area contributed by atoms with Crippen LogP contribution in [-0.2, 0) is 11.2 Å². The number of amides is 2. The first-order valence-corrected chi connectivity index (χ1v) is 12.8. The molecule has 0 spiro atoms. The molecule has 8 heteroatoms. The topological polar surface area (TPSA) is 73.9 Å². The van der Waals surface area contributed by atoms with Crippen LogP contribution in [0, 0.1) is 0 Å². The van der Waals surface area contributed by atoms with E-state index in [0.717, 1.165) is 54.6 Å². The average Bonchev–Trinajstić information content (AvgIpc) is 3.40. The van der Waals surface area contributed by atoms with Crippen LogP contribution >= 0.6 is 11.3 Å². The molecular formula is C27H32N4O3S. The van der Waals surface area contributed by atoms with Crippen molar-refractivity contribution in [1.82, 2.24) is 5.32 Å². The molecule has 2 heterocycles. The molecule has 35 heavy (non-hydrogen) atoms. The average molecular weight is 493 g/mol. The van der Waals surface area contributed by atoms with Crippen molar-refractivity contribution in [2.75, 3.05) is 55.0 Å². The lowest BCUT2D eigenvalue weighted by molar-refractivity contribution is -0.115. The Morgan fingerprint density at radius 3 is 2.40 bits per heavy atom. The van der Waals surface area contributed by atoms with Crippen LogP contribution in [0.25, 0.3) is 0 Å². The molecule has 2 amide bonds. The summed E-state index contributed by atoms with van der Waals surface area (Å²) in [4.78, 5) is 31.1. The number of rotatable bonds is 9. The van der Waals surface area contributed by atoms with E-state index < -0.39 is 0 Å². The zero-order valence-electron chi connectivity index (χ0n) is 20.3. The van der Waals surface area contributed by atoms with E-state index in [1.807, 2.05) is 54.8 Å². The lowest BCUT2D eigenvalue weighted by Crippen LogP contribution is -2.47. The number of carbonyl (C=O) groups is 2. The van der Waals surface area contributed by atoms with Crippen molar-refractivity contribution in [3.63, 3.8) is 0 Å². The SMILES string of the molecule is CCCNC(=O)c1cc(NC(=O)Cc2cccs2)ccc1N1CCN(c2ccccc2OC)CC1. The van der Waals surface area contributed by atoms with Gasteiger partial charge in [-0.1, -0.05) is 25.1 Å². The molecule has 1 aliphatic rings. The Balaban J connectivity index is 1.50. The van der Waals surface area contributed by atoms with Gasteiger partial charge in [-0.2, -0.15) is 0 Å². The molecule has 2 aromatic carbocycles. The highest BCUT2D eigenvalue weighted by atomic mass is 32.1. The number of methoxy groups -OCH3 is 1. The number of anilines is 3. The summed E-state index contributed by atoms with van der Waals surface area (Å²) in [5, 5.41) is 7.90. The highest BCUT2D eigenvalue weighted by molar-refractivity contribution is 7.10. The van der Waals surface area contributed by atoms with Crippen molar-refractivity contribution < 1.29 is 14.3 Å². The number of ether oxygens (including phenoxy) is 1. The molecule has 184 valence electrons. The Labute approximate surface area is 210 Å². The van der Waals surface area contributed by atoms with E-state index in [4.69, 9.17) is 4.74 Å². The number of nitrogens with one attached hydrogen (secondary N) is 2. The fraction of sp³-hybridized carbons (Fsp3) is 0.333. The van der Waals surface area contributed by atoms with Crippen LogP contribution < -0.4 is 25.2 Å². The van der Waals surface area contributed by atoms with E-state index in [1.54, 1.807) is 24.5 Å². The van der Waals surface area contributed by atoms with E-state index in [0.29, 0.717) is 24.2 Å². The van der Waals surface area contributed by atoms with Crippen LogP contribution in [0.3, 0.4) is 0 Å². The zero-order valence-corrected chi connectivity index (χ0v) is 21.1. The normalized spacial score (nSPS) is 13.4. The first kappa shape index (κ1) is 24.6. The number of benzene rings is 2. The van der Waals surface area contributed by atoms with Crippen LogP contribution in [0.5, 0.6) is 5.75 Å².